The molecule has 0 spiro atoms. The van der Waals surface area contributed by atoms with Gasteiger partial charge in [0, 0.05) is 29.0 Å². The van der Waals surface area contributed by atoms with Crippen molar-refractivity contribution in [3.05, 3.63) is 59.8 Å². The molecule has 2 aliphatic rings. The second-order valence-corrected chi connectivity index (χ2v) is 11.9. The van der Waals surface area contributed by atoms with Gasteiger partial charge in [-0.05, 0) is 37.2 Å². The van der Waals surface area contributed by atoms with Crippen LogP contribution in [0.3, 0.4) is 0 Å². The van der Waals surface area contributed by atoms with E-state index in [-0.39, 0.29) is 34.5 Å². The van der Waals surface area contributed by atoms with Crippen LogP contribution in [-0.4, -0.2) is 80.8 Å². The number of amides is 6. The maximum Gasteiger partial charge on any atom is 0.288 e. The van der Waals surface area contributed by atoms with Gasteiger partial charge in [0.1, 0.15) is 30.0 Å². The topological polar surface area (TPSA) is 266 Å². The number of aliphatic hydroxyl groups is 2. The lowest BCUT2D eigenvalue weighted by atomic mass is 9.83. The largest absolute Gasteiger partial charge is 0.507 e. The number of anilines is 1. The maximum atomic E-state index is 13.7. The molecule has 6 atom stereocenters. The first kappa shape index (κ1) is 36.2. The van der Waals surface area contributed by atoms with Crippen molar-refractivity contribution in [3.63, 3.8) is 0 Å². The van der Waals surface area contributed by atoms with E-state index in [1.54, 1.807) is 13.8 Å². The van der Waals surface area contributed by atoms with Crippen molar-refractivity contribution in [2.24, 2.45) is 11.7 Å². The van der Waals surface area contributed by atoms with Crippen LogP contribution in [0.4, 0.5) is 5.69 Å². The van der Waals surface area contributed by atoms with E-state index < -0.39 is 83.4 Å². The molecular formula is C33H38N6O10. The van der Waals surface area contributed by atoms with Crippen molar-refractivity contribution < 1.29 is 48.9 Å². The first-order valence-corrected chi connectivity index (χ1v) is 15.5. The zero-order chi connectivity index (χ0) is 36.2. The van der Waals surface area contributed by atoms with Crippen molar-refractivity contribution in [1.82, 2.24) is 21.3 Å². The number of primary amides is 1. The number of hydrogen-bond acceptors (Lipinski definition) is 10. The minimum atomic E-state index is -2.83. The first-order valence-electron chi connectivity index (χ1n) is 15.5. The van der Waals surface area contributed by atoms with Crippen LogP contribution >= 0.6 is 0 Å². The minimum absolute atomic E-state index is 0.0270. The zero-order valence-corrected chi connectivity index (χ0v) is 26.9. The van der Waals surface area contributed by atoms with E-state index in [9.17, 15) is 48.9 Å². The number of carbonyl (C=O) groups excluding carboxylic acids is 7. The molecule has 6 bridgehead atoms. The standard InChI is InChI=1S/C33H38N6O10/c1-4-11-35-30(46)25-27(43)33(49)19-8-6-7-17(24(19)39-32(33)48)18-12-16(9-10-22(18)40)13-20(37-31(47)26(42)15(3)5-2)28(44)36-21(14-23(34)41)29(45)38-25/h4,6-12,15,20-21,25,27,40,43,49H,5,13-14H2,1-3H3,(H2,34,41)(H,35,46)(H,36,44)(H,37,47)(H,38,45)(H,39,48)/b11-4+/t15-,20+,21+,25+,27+,33+/m1/s1. The number of carbonyl (C=O) groups is 7. The van der Waals surface area contributed by atoms with Crippen molar-refractivity contribution in [3.8, 4) is 16.9 Å². The van der Waals surface area contributed by atoms with Crippen molar-refractivity contribution in [2.45, 2.75) is 69.9 Å². The molecule has 2 aliphatic heterocycles. The number of phenolic OH excluding ortho intramolecular Hbond substituents is 1. The number of para-hydroxylation sites is 1. The lowest BCUT2D eigenvalue weighted by molar-refractivity contribution is -0.155. The van der Waals surface area contributed by atoms with Crippen LogP contribution in [0.1, 0.15) is 44.7 Å². The van der Waals surface area contributed by atoms with Gasteiger partial charge < -0.3 is 47.6 Å². The second kappa shape index (κ2) is 14.7. The van der Waals surface area contributed by atoms with Crippen LogP contribution < -0.4 is 32.3 Å². The summed E-state index contributed by atoms with van der Waals surface area (Å²) in [4.78, 5) is 91.8. The van der Waals surface area contributed by atoms with Crippen LogP contribution in [0.25, 0.3) is 11.1 Å². The number of fused-ring (bicyclic) bond motifs is 3. The number of ketones is 1. The molecule has 0 saturated carbocycles. The molecule has 0 fully saturated rings. The molecule has 0 aromatic heterocycles. The fourth-order valence-electron chi connectivity index (χ4n) is 5.58. The summed E-state index contributed by atoms with van der Waals surface area (Å²) in [5.41, 5.74) is 2.95. The molecule has 4 rings (SSSR count). The fourth-order valence-corrected chi connectivity index (χ4v) is 5.58. The molecule has 10 N–H and O–H groups in total. The van der Waals surface area contributed by atoms with Crippen LogP contribution in [0.15, 0.2) is 48.7 Å². The van der Waals surface area contributed by atoms with E-state index in [1.165, 1.54) is 49.4 Å². The van der Waals surface area contributed by atoms with E-state index in [1.807, 2.05) is 0 Å². The molecule has 16 heteroatoms. The SMILES string of the molecule is C/C=C/NC(=O)[C@H]1NC(=O)[C@H](CC(N)=O)NC(=O)[C@@H](NC(=O)C(=O)[C@H](C)CC)Cc2ccc(O)c(c2)-c2cccc3c2NC(=O)[C@@]3(O)[C@H]1O. The van der Waals surface area contributed by atoms with E-state index in [0.29, 0.717) is 12.0 Å². The molecule has 16 nitrogen and oxygen atoms in total. The Bertz CT molecular complexity index is 1740. The van der Waals surface area contributed by atoms with E-state index in [4.69, 9.17) is 5.73 Å². The van der Waals surface area contributed by atoms with Gasteiger partial charge >= 0.3 is 0 Å². The van der Waals surface area contributed by atoms with Crippen molar-refractivity contribution >= 4 is 46.9 Å². The van der Waals surface area contributed by atoms with Crippen LogP contribution in [0.2, 0.25) is 0 Å². The minimum Gasteiger partial charge on any atom is -0.507 e. The molecule has 0 radical (unpaired) electrons. The lowest BCUT2D eigenvalue weighted by Gasteiger charge is -2.33. The molecule has 0 unspecified atom stereocenters. The molecule has 2 aromatic carbocycles. The number of nitrogens with two attached hydrogens (primary N) is 1. The summed E-state index contributed by atoms with van der Waals surface area (Å²) in [6.07, 6.45) is -0.553. The summed E-state index contributed by atoms with van der Waals surface area (Å²) in [6, 6.07) is 3.02. The highest BCUT2D eigenvalue weighted by molar-refractivity contribution is 6.37. The second-order valence-electron chi connectivity index (χ2n) is 11.9. The Morgan fingerprint density at radius 2 is 1.80 bits per heavy atom. The summed E-state index contributed by atoms with van der Waals surface area (Å²) in [7, 11) is 0. The summed E-state index contributed by atoms with van der Waals surface area (Å²) >= 11 is 0. The van der Waals surface area contributed by atoms with E-state index in [2.05, 4.69) is 26.6 Å². The number of allylic oxidation sites excluding steroid dienone is 1. The Morgan fingerprint density at radius 3 is 2.45 bits per heavy atom. The van der Waals surface area contributed by atoms with Gasteiger partial charge in [0.25, 0.3) is 11.8 Å². The van der Waals surface area contributed by atoms with E-state index >= 15 is 0 Å². The van der Waals surface area contributed by atoms with Gasteiger partial charge in [0.15, 0.2) is 5.60 Å². The Morgan fingerprint density at radius 1 is 1.08 bits per heavy atom. The molecule has 49 heavy (non-hydrogen) atoms. The number of aromatic hydroxyl groups is 1. The van der Waals surface area contributed by atoms with Crippen molar-refractivity contribution in [1.29, 1.82) is 0 Å². The molecule has 6 amide bonds. The van der Waals surface area contributed by atoms with Crippen LogP contribution in [-0.2, 0) is 45.6 Å². The Labute approximate surface area is 280 Å². The van der Waals surface area contributed by atoms with Gasteiger partial charge in [-0.15, -0.1) is 0 Å². The highest BCUT2D eigenvalue weighted by atomic mass is 16.4. The smallest absolute Gasteiger partial charge is 0.288 e. The summed E-state index contributed by atoms with van der Waals surface area (Å²) in [5, 5.41) is 46.0. The number of Topliss-reactive ketones (excluding diaryl/α,β-unsaturated/α-hetero) is 1. The molecule has 2 heterocycles. The quantitative estimate of drug-likeness (QED) is 0.149. The number of benzene rings is 2. The number of hydrogen-bond donors (Lipinski definition) is 9. The lowest BCUT2D eigenvalue weighted by Crippen LogP contribution is -2.64. The number of nitrogens with one attached hydrogen (secondary N) is 5. The van der Waals surface area contributed by atoms with Gasteiger partial charge in [-0.3, -0.25) is 33.6 Å². The predicted molar refractivity (Wildman–Crippen MR) is 173 cm³/mol. The third-order valence-electron chi connectivity index (χ3n) is 8.51. The Hall–Kier alpha value is -5.61. The third-order valence-corrected chi connectivity index (χ3v) is 8.51. The Kier molecular flexibility index (Phi) is 10.8. The number of rotatable bonds is 8. The zero-order valence-electron chi connectivity index (χ0n) is 26.9. The summed E-state index contributed by atoms with van der Waals surface area (Å²) in [5.74, 6) is -8.38. The predicted octanol–water partition coefficient (Wildman–Crippen LogP) is -1.29. The Balaban J connectivity index is 1.93. The number of aliphatic hydroxyl groups excluding tert-OH is 1. The summed E-state index contributed by atoms with van der Waals surface area (Å²) in [6.45, 7) is 4.79. The van der Waals surface area contributed by atoms with Crippen molar-refractivity contribution in [2.75, 3.05) is 5.32 Å². The molecule has 0 saturated heterocycles. The molecule has 0 aliphatic carbocycles. The van der Waals surface area contributed by atoms with Gasteiger partial charge in [-0.25, -0.2) is 0 Å². The monoisotopic (exact) mass is 678 g/mol. The van der Waals surface area contributed by atoms with Gasteiger partial charge in [0.05, 0.1) is 12.1 Å². The highest BCUT2D eigenvalue weighted by Crippen LogP contribution is 2.46. The van der Waals surface area contributed by atoms with Gasteiger partial charge in [-0.1, -0.05) is 44.2 Å². The molecular weight excluding hydrogens is 640 g/mol. The molecule has 2 aromatic rings. The average molecular weight is 679 g/mol. The molecule has 260 valence electrons. The average Bonchev–Trinajstić information content (AvgIpc) is 3.34. The number of phenols is 1. The summed E-state index contributed by atoms with van der Waals surface area (Å²) < 4.78 is 0. The maximum absolute atomic E-state index is 13.7. The highest BCUT2D eigenvalue weighted by Gasteiger charge is 2.56. The van der Waals surface area contributed by atoms with Gasteiger partial charge in [0.2, 0.25) is 29.4 Å². The normalized spacial score (nSPS) is 24.3. The fraction of sp³-hybridized carbons (Fsp3) is 0.364. The van der Waals surface area contributed by atoms with Crippen LogP contribution in [0.5, 0.6) is 5.75 Å². The first-order chi connectivity index (χ1) is 23.1. The third kappa shape index (κ3) is 7.29. The van der Waals surface area contributed by atoms with Gasteiger partial charge in [-0.2, -0.15) is 0 Å². The van der Waals surface area contributed by atoms with Crippen LogP contribution in [0, 0.1) is 5.92 Å². The van der Waals surface area contributed by atoms with E-state index in [0.717, 1.165) is 6.20 Å².